The molecule has 1 heterocycles. The van der Waals surface area contributed by atoms with Crippen molar-refractivity contribution in [2.75, 3.05) is 0 Å². The molecule has 0 fully saturated rings. The summed E-state index contributed by atoms with van der Waals surface area (Å²) in [6.07, 6.45) is 1.33. The number of halogens is 1. The molecule has 1 aromatic heterocycles. The molecule has 0 aliphatic rings. The number of hydrogen-bond acceptors (Lipinski definition) is 1. The lowest BCUT2D eigenvalue weighted by molar-refractivity contribution is 0.504. The van der Waals surface area contributed by atoms with Crippen LogP contribution in [0.25, 0.3) is 0 Å². The highest BCUT2D eigenvalue weighted by atomic mass is 19.1. The lowest BCUT2D eigenvalue weighted by Gasteiger charge is -2.24. The summed E-state index contributed by atoms with van der Waals surface area (Å²) in [5.41, 5.74) is 1.47. The van der Waals surface area contributed by atoms with Crippen LogP contribution in [-0.2, 0) is 10.8 Å². The third-order valence-electron chi connectivity index (χ3n) is 2.43. The molecule has 2 heteroatoms. The van der Waals surface area contributed by atoms with Crippen molar-refractivity contribution < 1.29 is 4.39 Å². The van der Waals surface area contributed by atoms with Crippen LogP contribution in [0.2, 0.25) is 0 Å². The van der Waals surface area contributed by atoms with E-state index in [1.54, 1.807) is 0 Å². The van der Waals surface area contributed by atoms with Gasteiger partial charge in [0, 0.05) is 11.1 Å². The zero-order valence-corrected chi connectivity index (χ0v) is 10.5. The number of rotatable bonds is 0. The predicted octanol–water partition coefficient (Wildman–Crippen LogP) is 3.82. The predicted molar refractivity (Wildman–Crippen MR) is 61.6 cm³/mol. The molecule has 1 nitrogen and oxygen atoms in total. The van der Waals surface area contributed by atoms with Crippen LogP contribution in [0.5, 0.6) is 0 Å². The Morgan fingerprint density at radius 1 is 1.00 bits per heavy atom. The average molecular weight is 209 g/mol. The second-order valence-corrected chi connectivity index (χ2v) is 6.05. The molecule has 0 saturated carbocycles. The van der Waals surface area contributed by atoms with Crippen molar-refractivity contribution in [2.24, 2.45) is 0 Å². The van der Waals surface area contributed by atoms with Crippen molar-refractivity contribution in [3.63, 3.8) is 0 Å². The minimum atomic E-state index is -0.212. The largest absolute Gasteiger partial charge is 0.258 e. The quantitative estimate of drug-likeness (QED) is 0.633. The summed E-state index contributed by atoms with van der Waals surface area (Å²) >= 11 is 0. The zero-order chi connectivity index (χ0) is 11.9. The summed E-state index contributed by atoms with van der Waals surface area (Å²) in [5.74, 6) is -0.212. The maximum atomic E-state index is 13.6. The van der Waals surface area contributed by atoms with Crippen LogP contribution < -0.4 is 0 Å². The molecule has 0 aliphatic carbocycles. The average Bonchev–Trinajstić information content (AvgIpc) is 2.00. The molecule has 1 aromatic rings. The van der Waals surface area contributed by atoms with Gasteiger partial charge in [0.25, 0.3) is 0 Å². The first-order valence-corrected chi connectivity index (χ1v) is 5.29. The van der Waals surface area contributed by atoms with Crippen molar-refractivity contribution in [3.8, 4) is 0 Å². The van der Waals surface area contributed by atoms with Gasteiger partial charge in [-0.2, -0.15) is 0 Å². The van der Waals surface area contributed by atoms with Gasteiger partial charge in [0.2, 0.25) is 0 Å². The van der Waals surface area contributed by atoms with E-state index >= 15 is 0 Å². The molecule has 0 aliphatic heterocycles. The van der Waals surface area contributed by atoms with Gasteiger partial charge in [-0.25, -0.2) is 4.39 Å². The van der Waals surface area contributed by atoms with E-state index in [-0.39, 0.29) is 16.6 Å². The van der Waals surface area contributed by atoms with Crippen LogP contribution in [-0.4, -0.2) is 4.98 Å². The van der Waals surface area contributed by atoms with Gasteiger partial charge in [-0.1, -0.05) is 41.5 Å². The van der Waals surface area contributed by atoms with E-state index in [4.69, 9.17) is 0 Å². The van der Waals surface area contributed by atoms with Crippen LogP contribution in [0.4, 0.5) is 4.39 Å². The number of aromatic nitrogens is 1. The molecule has 84 valence electrons. The minimum absolute atomic E-state index is 0.0340. The smallest absolute Gasteiger partial charge is 0.145 e. The van der Waals surface area contributed by atoms with Crippen molar-refractivity contribution in [1.82, 2.24) is 4.98 Å². The first-order valence-electron chi connectivity index (χ1n) is 5.29. The van der Waals surface area contributed by atoms with Gasteiger partial charge in [0.05, 0.1) is 6.20 Å². The molecule has 0 saturated heterocycles. The Balaban J connectivity index is 3.30. The highest BCUT2D eigenvalue weighted by molar-refractivity contribution is 5.28. The second kappa shape index (κ2) is 3.58. The van der Waals surface area contributed by atoms with Crippen LogP contribution in [0.15, 0.2) is 12.3 Å². The maximum absolute atomic E-state index is 13.6. The van der Waals surface area contributed by atoms with Gasteiger partial charge in [-0.05, 0) is 17.0 Å². The standard InChI is InChI=1S/C13H20FN/c1-12(2,3)9-7-11(13(4,5)6)15-8-10(9)14/h7-8H,1-6H3. The van der Waals surface area contributed by atoms with Gasteiger partial charge < -0.3 is 0 Å². The van der Waals surface area contributed by atoms with Crippen LogP contribution in [0, 0.1) is 5.82 Å². The minimum Gasteiger partial charge on any atom is -0.258 e. The fourth-order valence-electron chi connectivity index (χ4n) is 1.42. The van der Waals surface area contributed by atoms with Crippen molar-refractivity contribution in [1.29, 1.82) is 0 Å². The Hall–Kier alpha value is -0.920. The summed E-state index contributed by atoms with van der Waals surface area (Å²) < 4.78 is 13.6. The fraction of sp³-hybridized carbons (Fsp3) is 0.615. The van der Waals surface area contributed by atoms with E-state index in [2.05, 4.69) is 25.8 Å². The molecule has 0 unspecified atom stereocenters. The van der Waals surface area contributed by atoms with E-state index in [1.165, 1.54) is 6.20 Å². The normalized spacial score (nSPS) is 13.0. The lowest BCUT2D eigenvalue weighted by atomic mass is 9.83. The second-order valence-electron chi connectivity index (χ2n) is 6.05. The molecular formula is C13H20FN. The van der Waals surface area contributed by atoms with Crippen molar-refractivity contribution in [2.45, 2.75) is 52.4 Å². The highest BCUT2D eigenvalue weighted by Gasteiger charge is 2.23. The molecule has 0 bridgehead atoms. The molecule has 0 radical (unpaired) electrons. The van der Waals surface area contributed by atoms with Crippen LogP contribution >= 0.6 is 0 Å². The molecule has 15 heavy (non-hydrogen) atoms. The van der Waals surface area contributed by atoms with E-state index in [0.717, 1.165) is 11.3 Å². The van der Waals surface area contributed by atoms with Crippen LogP contribution in [0.3, 0.4) is 0 Å². The van der Waals surface area contributed by atoms with Crippen molar-refractivity contribution >= 4 is 0 Å². The SMILES string of the molecule is CC(C)(C)c1cc(C(C)(C)C)c(F)cn1. The Labute approximate surface area is 91.7 Å². The number of pyridine rings is 1. The number of nitrogens with zero attached hydrogens (tertiary/aromatic N) is 1. The van der Waals surface area contributed by atoms with Crippen LogP contribution in [0.1, 0.15) is 52.8 Å². The van der Waals surface area contributed by atoms with Gasteiger partial charge in [0.1, 0.15) is 5.82 Å². The molecule has 0 spiro atoms. The maximum Gasteiger partial charge on any atom is 0.145 e. The molecule has 0 atom stereocenters. The summed E-state index contributed by atoms with van der Waals surface area (Å²) in [4.78, 5) is 4.15. The summed E-state index contributed by atoms with van der Waals surface area (Å²) in [5, 5.41) is 0. The van der Waals surface area contributed by atoms with Gasteiger partial charge >= 0.3 is 0 Å². The monoisotopic (exact) mass is 209 g/mol. The summed E-state index contributed by atoms with van der Waals surface area (Å²) in [6.45, 7) is 12.3. The fourth-order valence-corrected chi connectivity index (χ4v) is 1.42. The topological polar surface area (TPSA) is 12.9 Å². The lowest BCUT2D eigenvalue weighted by Crippen LogP contribution is -2.19. The number of hydrogen-bond donors (Lipinski definition) is 0. The molecular weight excluding hydrogens is 189 g/mol. The van der Waals surface area contributed by atoms with Crippen molar-refractivity contribution in [3.05, 3.63) is 29.3 Å². The molecule has 0 aromatic carbocycles. The molecule has 1 rings (SSSR count). The van der Waals surface area contributed by atoms with Gasteiger partial charge in [-0.15, -0.1) is 0 Å². The third-order valence-corrected chi connectivity index (χ3v) is 2.43. The van der Waals surface area contributed by atoms with E-state index in [9.17, 15) is 4.39 Å². The van der Waals surface area contributed by atoms with E-state index in [0.29, 0.717) is 0 Å². The third kappa shape index (κ3) is 2.77. The summed E-state index contributed by atoms with van der Waals surface area (Å²) in [6, 6.07) is 1.88. The zero-order valence-electron chi connectivity index (χ0n) is 10.5. The first kappa shape index (κ1) is 12.2. The summed E-state index contributed by atoms with van der Waals surface area (Å²) in [7, 11) is 0. The Morgan fingerprint density at radius 2 is 1.53 bits per heavy atom. The molecule has 0 N–H and O–H groups in total. The Morgan fingerprint density at radius 3 is 1.93 bits per heavy atom. The Bertz CT molecular complexity index is 356. The van der Waals surface area contributed by atoms with E-state index < -0.39 is 0 Å². The first-order chi connectivity index (χ1) is 6.62. The highest BCUT2D eigenvalue weighted by Crippen LogP contribution is 2.28. The Kier molecular flexibility index (Phi) is 2.90. The van der Waals surface area contributed by atoms with E-state index in [1.807, 2.05) is 26.8 Å². The molecule has 0 amide bonds. The van der Waals surface area contributed by atoms with Gasteiger partial charge in [0.15, 0.2) is 0 Å². The van der Waals surface area contributed by atoms with Gasteiger partial charge in [-0.3, -0.25) is 4.98 Å².